The summed E-state index contributed by atoms with van der Waals surface area (Å²) < 4.78 is 5.17. The van der Waals surface area contributed by atoms with Crippen LogP contribution in [0, 0.1) is 0 Å². The summed E-state index contributed by atoms with van der Waals surface area (Å²) in [5, 5.41) is 13.4. The van der Waals surface area contributed by atoms with Crippen LogP contribution in [0.3, 0.4) is 0 Å². The van der Waals surface area contributed by atoms with Crippen molar-refractivity contribution < 1.29 is 19.4 Å². The highest BCUT2D eigenvalue weighted by molar-refractivity contribution is 6.46. The van der Waals surface area contributed by atoms with Gasteiger partial charge in [0.25, 0.3) is 11.7 Å². The summed E-state index contributed by atoms with van der Waals surface area (Å²) in [6.45, 7) is 6.34. The number of rotatable bonds is 3. The Bertz CT molecular complexity index is 920. The Labute approximate surface area is 158 Å². The highest BCUT2D eigenvalue weighted by atomic mass is 16.5. The molecule has 0 aliphatic carbocycles. The van der Waals surface area contributed by atoms with Crippen molar-refractivity contribution in [3.8, 4) is 5.75 Å². The Hall–Kier alpha value is -3.08. The van der Waals surface area contributed by atoms with Crippen molar-refractivity contribution in [2.45, 2.75) is 32.2 Å². The van der Waals surface area contributed by atoms with Gasteiger partial charge in [-0.15, -0.1) is 0 Å². The van der Waals surface area contributed by atoms with Gasteiger partial charge < -0.3 is 15.2 Å². The zero-order valence-corrected chi connectivity index (χ0v) is 15.9. The van der Waals surface area contributed by atoms with Crippen molar-refractivity contribution in [1.82, 2.24) is 5.32 Å². The number of ketones is 1. The highest BCUT2D eigenvalue weighted by Gasteiger charge is 2.39. The molecule has 2 aromatic rings. The lowest BCUT2D eigenvalue weighted by molar-refractivity contribution is -0.133. The van der Waals surface area contributed by atoms with Gasteiger partial charge in [0.05, 0.1) is 18.7 Å². The van der Waals surface area contributed by atoms with Crippen LogP contribution in [0.2, 0.25) is 0 Å². The maximum Gasteiger partial charge on any atom is 0.293 e. The van der Waals surface area contributed by atoms with Gasteiger partial charge in [-0.2, -0.15) is 0 Å². The molecule has 5 nitrogen and oxygen atoms in total. The fourth-order valence-electron chi connectivity index (χ4n) is 3.12. The number of amides is 1. The van der Waals surface area contributed by atoms with E-state index in [4.69, 9.17) is 4.74 Å². The lowest BCUT2D eigenvalue weighted by Gasteiger charge is -2.20. The van der Waals surface area contributed by atoms with Crippen LogP contribution < -0.4 is 10.1 Å². The topological polar surface area (TPSA) is 75.6 Å². The Morgan fingerprint density at radius 1 is 1.07 bits per heavy atom. The number of methoxy groups -OCH3 is 1. The molecule has 0 saturated carbocycles. The lowest BCUT2D eigenvalue weighted by Crippen LogP contribution is -2.21. The van der Waals surface area contributed by atoms with E-state index < -0.39 is 17.7 Å². The third-order valence-electron chi connectivity index (χ3n) is 4.72. The molecule has 1 saturated heterocycles. The first-order valence-electron chi connectivity index (χ1n) is 8.75. The summed E-state index contributed by atoms with van der Waals surface area (Å²) >= 11 is 0. The molecule has 1 heterocycles. The van der Waals surface area contributed by atoms with E-state index in [0.29, 0.717) is 11.3 Å². The van der Waals surface area contributed by atoms with Gasteiger partial charge in [0.15, 0.2) is 0 Å². The summed E-state index contributed by atoms with van der Waals surface area (Å²) in [6, 6.07) is 13.8. The van der Waals surface area contributed by atoms with E-state index in [1.54, 1.807) is 24.3 Å². The Balaban J connectivity index is 2.06. The quantitative estimate of drug-likeness (QED) is 0.494. The molecule has 0 spiro atoms. The molecule has 140 valence electrons. The van der Waals surface area contributed by atoms with Crippen LogP contribution >= 0.6 is 0 Å². The minimum atomic E-state index is -0.722. The normalized spacial score (nSPS) is 19.0. The van der Waals surface area contributed by atoms with Crippen LogP contribution in [0.5, 0.6) is 5.75 Å². The van der Waals surface area contributed by atoms with Crippen molar-refractivity contribution in [3.63, 3.8) is 0 Å². The molecule has 0 aromatic heterocycles. The van der Waals surface area contributed by atoms with Gasteiger partial charge in [-0.05, 0) is 28.7 Å². The van der Waals surface area contributed by atoms with E-state index in [1.807, 2.05) is 24.3 Å². The summed E-state index contributed by atoms with van der Waals surface area (Å²) in [6.07, 6.45) is 0. The van der Waals surface area contributed by atoms with Crippen LogP contribution in [0.4, 0.5) is 0 Å². The Morgan fingerprint density at radius 2 is 1.74 bits per heavy atom. The minimum absolute atomic E-state index is 0.00528. The number of aliphatic hydroxyl groups excluding tert-OH is 1. The molecular weight excluding hydrogens is 342 g/mol. The molecule has 3 rings (SSSR count). The van der Waals surface area contributed by atoms with E-state index in [2.05, 4.69) is 26.1 Å². The van der Waals surface area contributed by atoms with E-state index in [1.165, 1.54) is 7.11 Å². The lowest BCUT2D eigenvalue weighted by atomic mass is 9.85. The third kappa shape index (κ3) is 3.58. The summed E-state index contributed by atoms with van der Waals surface area (Å²) in [7, 11) is 1.52. The number of aliphatic hydroxyl groups is 1. The Kier molecular flexibility index (Phi) is 4.79. The van der Waals surface area contributed by atoms with E-state index in [9.17, 15) is 14.7 Å². The molecule has 0 unspecified atom stereocenters. The molecular formula is C22H23NO4. The van der Waals surface area contributed by atoms with Crippen LogP contribution in [0.1, 0.15) is 43.5 Å². The van der Waals surface area contributed by atoms with Crippen LogP contribution in [0.15, 0.2) is 54.1 Å². The van der Waals surface area contributed by atoms with Crippen LogP contribution in [0.25, 0.3) is 5.76 Å². The third-order valence-corrected chi connectivity index (χ3v) is 4.72. The van der Waals surface area contributed by atoms with Crippen LogP contribution in [-0.2, 0) is 15.0 Å². The summed E-state index contributed by atoms with van der Waals surface area (Å²) in [4.78, 5) is 24.4. The number of carbonyl (C=O) groups is 2. The number of hydrogen-bond donors (Lipinski definition) is 2. The predicted octanol–water partition coefficient (Wildman–Crippen LogP) is 3.70. The zero-order valence-electron chi connectivity index (χ0n) is 15.9. The number of hydrogen-bond acceptors (Lipinski definition) is 4. The number of ether oxygens (including phenoxy) is 1. The second kappa shape index (κ2) is 6.91. The van der Waals surface area contributed by atoms with Gasteiger partial charge in [-0.25, -0.2) is 0 Å². The van der Waals surface area contributed by atoms with Gasteiger partial charge in [-0.3, -0.25) is 9.59 Å². The van der Waals surface area contributed by atoms with Crippen molar-refractivity contribution in [2.75, 3.05) is 7.11 Å². The predicted molar refractivity (Wildman–Crippen MR) is 104 cm³/mol. The number of carbonyl (C=O) groups excluding carboxylic acids is 2. The largest absolute Gasteiger partial charge is 0.507 e. The molecule has 27 heavy (non-hydrogen) atoms. The first kappa shape index (κ1) is 18.7. The first-order chi connectivity index (χ1) is 12.7. The van der Waals surface area contributed by atoms with Crippen LogP contribution in [-0.4, -0.2) is 23.9 Å². The van der Waals surface area contributed by atoms with Crippen molar-refractivity contribution in [1.29, 1.82) is 0 Å². The molecule has 2 aromatic carbocycles. The molecule has 1 fully saturated rings. The summed E-state index contributed by atoms with van der Waals surface area (Å²) in [5.74, 6) is -1.11. The molecule has 5 heteroatoms. The first-order valence-corrected chi connectivity index (χ1v) is 8.75. The Morgan fingerprint density at radius 3 is 2.33 bits per heavy atom. The van der Waals surface area contributed by atoms with Gasteiger partial charge in [0.2, 0.25) is 0 Å². The fraction of sp³-hybridized carbons (Fsp3) is 0.273. The van der Waals surface area contributed by atoms with Crippen molar-refractivity contribution in [2.24, 2.45) is 0 Å². The molecule has 2 N–H and O–H groups in total. The molecule has 1 atom stereocenters. The monoisotopic (exact) mass is 365 g/mol. The molecule has 0 radical (unpaired) electrons. The zero-order chi connectivity index (χ0) is 19.8. The van der Waals surface area contributed by atoms with Gasteiger partial charge in [-0.1, -0.05) is 57.2 Å². The van der Waals surface area contributed by atoms with Gasteiger partial charge in [0.1, 0.15) is 11.5 Å². The van der Waals surface area contributed by atoms with Gasteiger partial charge >= 0.3 is 0 Å². The van der Waals surface area contributed by atoms with E-state index in [-0.39, 0.29) is 16.7 Å². The molecule has 1 aliphatic rings. The number of Topliss-reactive ketones (excluding diaryl/α,β-unsaturated/α-hetero) is 1. The molecule has 1 amide bonds. The molecule has 1 aliphatic heterocycles. The minimum Gasteiger partial charge on any atom is -0.507 e. The number of nitrogens with one attached hydrogen (secondary N) is 1. The molecule has 0 bridgehead atoms. The van der Waals surface area contributed by atoms with E-state index >= 15 is 0 Å². The second-order valence-electron chi connectivity index (χ2n) is 7.60. The number of benzene rings is 2. The van der Waals surface area contributed by atoms with Crippen molar-refractivity contribution in [3.05, 3.63) is 70.8 Å². The maximum absolute atomic E-state index is 12.4. The standard InChI is InChI=1S/C22H23NO4/c1-22(2,3)15-10-8-13(9-11-15)18-17(20(25)21(26)23-18)19(24)14-6-5-7-16(12-14)27-4/h5-12,18,24H,1-4H3,(H,23,26)/t18-/m0/s1. The summed E-state index contributed by atoms with van der Waals surface area (Å²) in [5.41, 5.74) is 2.35. The van der Waals surface area contributed by atoms with Gasteiger partial charge in [0, 0.05) is 5.56 Å². The van der Waals surface area contributed by atoms with Crippen molar-refractivity contribution >= 4 is 17.4 Å². The maximum atomic E-state index is 12.4. The average Bonchev–Trinajstić information content (AvgIpc) is 2.95. The smallest absolute Gasteiger partial charge is 0.293 e. The van der Waals surface area contributed by atoms with E-state index in [0.717, 1.165) is 11.1 Å². The SMILES string of the molecule is COc1cccc(C(O)=C2C(=O)C(=O)N[C@H]2c2ccc(C(C)(C)C)cc2)c1. The highest BCUT2D eigenvalue weighted by Crippen LogP contribution is 2.34. The fourth-order valence-corrected chi connectivity index (χ4v) is 3.12. The second-order valence-corrected chi connectivity index (χ2v) is 7.60. The average molecular weight is 365 g/mol.